The van der Waals surface area contributed by atoms with E-state index in [-0.39, 0.29) is 4.69 Å². The van der Waals surface area contributed by atoms with Crippen LogP contribution in [0.3, 0.4) is 0 Å². The van der Waals surface area contributed by atoms with Gasteiger partial charge in [0.15, 0.2) is 0 Å². The Balaban J connectivity index is 3.20. The molecule has 0 fully saturated rings. The van der Waals surface area contributed by atoms with E-state index in [0.717, 1.165) is 6.07 Å². The molecule has 4 heteroatoms. The molecule has 1 aromatic rings. The van der Waals surface area contributed by atoms with Gasteiger partial charge in [-0.15, -0.1) is 0 Å². The Morgan fingerprint density at radius 1 is 1.64 bits per heavy atom. The van der Waals surface area contributed by atoms with Gasteiger partial charge in [-0.1, -0.05) is 0 Å². The molecule has 58 valence electrons. The minimum absolute atomic E-state index is 0.275. The summed E-state index contributed by atoms with van der Waals surface area (Å²) in [7, 11) is 0. The quantitative estimate of drug-likeness (QED) is 0.533. The standard InChI is InChI=1S/C7H5BrFNO/c1-4-5(7(8)11)2-3-6(9)10-4/h2-3H,1H3. The van der Waals surface area contributed by atoms with Gasteiger partial charge in [0.2, 0.25) is 10.6 Å². The Morgan fingerprint density at radius 2 is 2.27 bits per heavy atom. The van der Waals surface area contributed by atoms with Crippen molar-refractivity contribution in [2.24, 2.45) is 0 Å². The van der Waals surface area contributed by atoms with Gasteiger partial charge in [-0.2, -0.15) is 4.39 Å². The van der Waals surface area contributed by atoms with Crippen molar-refractivity contribution >= 4 is 20.6 Å². The SMILES string of the molecule is Cc1nc(F)ccc1C(=O)Br. The maximum absolute atomic E-state index is 12.4. The highest BCUT2D eigenvalue weighted by Gasteiger charge is 2.06. The van der Waals surface area contributed by atoms with Gasteiger partial charge < -0.3 is 0 Å². The van der Waals surface area contributed by atoms with Gasteiger partial charge in [0.25, 0.3) is 0 Å². The maximum Gasteiger partial charge on any atom is 0.229 e. The molecule has 0 saturated carbocycles. The molecule has 0 N–H and O–H groups in total. The second kappa shape index (κ2) is 3.09. The average molecular weight is 218 g/mol. The summed E-state index contributed by atoms with van der Waals surface area (Å²) in [5.41, 5.74) is 0.790. The predicted molar refractivity (Wildman–Crippen MR) is 42.2 cm³/mol. The highest BCUT2D eigenvalue weighted by atomic mass is 79.9. The molecule has 0 aromatic carbocycles. The fourth-order valence-corrected chi connectivity index (χ4v) is 1.16. The molecule has 11 heavy (non-hydrogen) atoms. The predicted octanol–water partition coefficient (Wildman–Crippen LogP) is 2.06. The number of carbonyl (C=O) groups excluding carboxylic acids is 1. The van der Waals surface area contributed by atoms with Crippen molar-refractivity contribution in [2.45, 2.75) is 6.92 Å². The summed E-state index contributed by atoms with van der Waals surface area (Å²) in [6.07, 6.45) is 0. The first-order valence-corrected chi connectivity index (χ1v) is 3.73. The topological polar surface area (TPSA) is 30.0 Å². The largest absolute Gasteiger partial charge is 0.281 e. The molecule has 0 bridgehead atoms. The van der Waals surface area contributed by atoms with Gasteiger partial charge in [0, 0.05) is 0 Å². The average Bonchev–Trinajstić information content (AvgIpc) is 1.85. The Hall–Kier alpha value is -0.770. The smallest absolute Gasteiger partial charge is 0.229 e. The third kappa shape index (κ3) is 1.83. The van der Waals surface area contributed by atoms with Crippen LogP contribution in [0.4, 0.5) is 4.39 Å². The molecule has 0 spiro atoms. The van der Waals surface area contributed by atoms with E-state index in [4.69, 9.17) is 0 Å². The lowest BCUT2D eigenvalue weighted by atomic mass is 10.2. The van der Waals surface area contributed by atoms with E-state index in [0.29, 0.717) is 11.3 Å². The van der Waals surface area contributed by atoms with E-state index >= 15 is 0 Å². The van der Waals surface area contributed by atoms with Gasteiger partial charge in [-0.3, -0.25) is 4.79 Å². The summed E-state index contributed by atoms with van der Waals surface area (Å²) in [6, 6.07) is 2.55. The van der Waals surface area contributed by atoms with Crippen LogP contribution in [-0.4, -0.2) is 9.68 Å². The van der Waals surface area contributed by atoms with E-state index in [1.165, 1.54) is 6.07 Å². The second-order valence-electron chi connectivity index (χ2n) is 2.04. The van der Waals surface area contributed by atoms with Gasteiger partial charge >= 0.3 is 0 Å². The lowest BCUT2D eigenvalue weighted by Gasteiger charge is -1.97. The van der Waals surface area contributed by atoms with E-state index in [1.54, 1.807) is 6.92 Å². The molecule has 0 amide bonds. The van der Waals surface area contributed by atoms with E-state index in [2.05, 4.69) is 20.9 Å². The van der Waals surface area contributed by atoms with E-state index < -0.39 is 5.95 Å². The summed E-state index contributed by atoms with van der Waals surface area (Å²) in [6.45, 7) is 1.58. The Morgan fingerprint density at radius 3 is 2.73 bits per heavy atom. The number of rotatable bonds is 1. The molecule has 0 saturated heterocycles. The van der Waals surface area contributed by atoms with Crippen molar-refractivity contribution < 1.29 is 9.18 Å². The third-order valence-electron chi connectivity index (χ3n) is 1.26. The zero-order valence-corrected chi connectivity index (χ0v) is 7.35. The minimum Gasteiger partial charge on any atom is -0.281 e. The summed E-state index contributed by atoms with van der Waals surface area (Å²) in [5.74, 6) is -0.569. The molecular weight excluding hydrogens is 213 g/mol. The fraction of sp³-hybridized carbons (Fsp3) is 0.143. The van der Waals surface area contributed by atoms with E-state index in [9.17, 15) is 9.18 Å². The van der Waals surface area contributed by atoms with Crippen molar-refractivity contribution in [3.05, 3.63) is 29.3 Å². The molecule has 0 atom stereocenters. The van der Waals surface area contributed by atoms with Crippen LogP contribution in [0, 0.1) is 12.9 Å². The first kappa shape index (κ1) is 8.33. The van der Waals surface area contributed by atoms with Crippen molar-refractivity contribution in [3.8, 4) is 0 Å². The number of hydrogen-bond donors (Lipinski definition) is 0. The molecule has 0 radical (unpaired) electrons. The molecule has 2 nitrogen and oxygen atoms in total. The summed E-state index contributed by atoms with van der Waals surface area (Å²) in [5, 5.41) is 0. The maximum atomic E-state index is 12.4. The van der Waals surface area contributed by atoms with Crippen molar-refractivity contribution in [1.29, 1.82) is 0 Å². The zero-order chi connectivity index (χ0) is 8.43. The Labute approximate surface area is 71.6 Å². The van der Waals surface area contributed by atoms with Crippen molar-refractivity contribution in [3.63, 3.8) is 0 Å². The third-order valence-corrected chi connectivity index (χ3v) is 1.69. The highest BCUT2D eigenvalue weighted by molar-refractivity contribution is 9.18. The number of pyridine rings is 1. The number of nitrogens with zero attached hydrogens (tertiary/aromatic N) is 1. The van der Waals surface area contributed by atoms with Crippen LogP contribution in [0.2, 0.25) is 0 Å². The Kier molecular flexibility index (Phi) is 2.34. The second-order valence-corrected chi connectivity index (χ2v) is 2.76. The van der Waals surface area contributed by atoms with Crippen molar-refractivity contribution in [2.75, 3.05) is 0 Å². The fourth-order valence-electron chi connectivity index (χ4n) is 0.738. The zero-order valence-electron chi connectivity index (χ0n) is 5.77. The van der Waals surface area contributed by atoms with Crippen LogP contribution in [-0.2, 0) is 0 Å². The number of aryl methyl sites for hydroxylation is 1. The van der Waals surface area contributed by atoms with Crippen LogP contribution in [0.25, 0.3) is 0 Å². The summed E-state index contributed by atoms with van der Waals surface area (Å²) < 4.78 is 12.1. The number of carbonyl (C=O) groups is 1. The Bertz CT molecular complexity index is 300. The van der Waals surface area contributed by atoms with Gasteiger partial charge in [-0.25, -0.2) is 4.98 Å². The van der Waals surface area contributed by atoms with E-state index in [1.807, 2.05) is 0 Å². The molecule has 1 rings (SSSR count). The van der Waals surface area contributed by atoms with Gasteiger partial charge in [0.1, 0.15) is 0 Å². The summed E-state index contributed by atoms with van der Waals surface area (Å²) >= 11 is 2.76. The van der Waals surface area contributed by atoms with Crippen molar-refractivity contribution in [1.82, 2.24) is 4.98 Å². The lowest BCUT2D eigenvalue weighted by molar-refractivity contribution is 0.109. The monoisotopic (exact) mass is 217 g/mol. The van der Waals surface area contributed by atoms with Gasteiger partial charge in [0.05, 0.1) is 11.3 Å². The molecular formula is C7H5BrFNO. The lowest BCUT2D eigenvalue weighted by Crippen LogP contribution is -1.97. The molecule has 0 aliphatic carbocycles. The van der Waals surface area contributed by atoms with Crippen LogP contribution in [0.15, 0.2) is 12.1 Å². The molecule has 0 aliphatic rings. The molecule has 1 aromatic heterocycles. The first-order valence-electron chi connectivity index (χ1n) is 2.94. The number of hydrogen-bond acceptors (Lipinski definition) is 2. The van der Waals surface area contributed by atoms with Gasteiger partial charge in [-0.05, 0) is 35.0 Å². The van der Waals surface area contributed by atoms with Crippen LogP contribution < -0.4 is 0 Å². The normalized spacial score (nSPS) is 9.73. The van der Waals surface area contributed by atoms with Crippen LogP contribution in [0.1, 0.15) is 16.1 Å². The molecule has 1 heterocycles. The number of aromatic nitrogens is 1. The minimum atomic E-state index is -0.569. The highest BCUT2D eigenvalue weighted by Crippen LogP contribution is 2.09. The molecule has 0 unspecified atom stereocenters. The first-order chi connectivity index (χ1) is 5.11. The molecule has 0 aliphatic heterocycles. The number of halogens is 2. The van der Waals surface area contributed by atoms with Crippen LogP contribution in [0.5, 0.6) is 0 Å². The van der Waals surface area contributed by atoms with Crippen LogP contribution >= 0.6 is 15.9 Å². The summed E-state index contributed by atoms with van der Waals surface area (Å²) in [4.78, 5) is 14.2.